The summed E-state index contributed by atoms with van der Waals surface area (Å²) in [6, 6.07) is 0. The molecule has 0 fully saturated rings. The molecule has 0 radical (unpaired) electrons. The van der Waals surface area contributed by atoms with Crippen molar-refractivity contribution in [1.82, 2.24) is 0 Å². The van der Waals surface area contributed by atoms with Gasteiger partial charge in [0.1, 0.15) is 5.78 Å². The maximum absolute atomic E-state index is 12.6. The lowest BCUT2D eigenvalue weighted by molar-refractivity contribution is -0.144. The van der Waals surface area contributed by atoms with E-state index in [4.69, 9.17) is 4.74 Å². The molecule has 22 heavy (non-hydrogen) atoms. The molecule has 2 unspecified atom stereocenters. The molecular weight excluding hydrogens is 276 g/mol. The number of carbonyl (C=O) groups excluding carboxylic acids is 2. The third kappa shape index (κ3) is 6.76. The highest BCUT2D eigenvalue weighted by atomic mass is 16.5. The van der Waals surface area contributed by atoms with E-state index in [1.807, 2.05) is 20.8 Å². The zero-order valence-corrected chi connectivity index (χ0v) is 14.7. The molecule has 3 nitrogen and oxygen atoms in total. The molecule has 1 heterocycles. The number of Topliss-reactive ketones (excluding diaryl/α,β-unsaturated/α-hetero) is 1. The minimum absolute atomic E-state index is 0.0597. The minimum Gasteiger partial charge on any atom is -0.465 e. The molecule has 2 atom stereocenters. The number of rotatable bonds is 0. The Hall–Kier alpha value is -1.12. The van der Waals surface area contributed by atoms with Crippen LogP contribution in [0.2, 0.25) is 0 Å². The molecule has 0 aromatic carbocycles. The number of esters is 1. The van der Waals surface area contributed by atoms with Crippen LogP contribution in [0.1, 0.15) is 72.6 Å². The first-order valence-electron chi connectivity index (χ1n) is 8.68. The van der Waals surface area contributed by atoms with Gasteiger partial charge in [-0.25, -0.2) is 0 Å². The topological polar surface area (TPSA) is 43.4 Å². The number of hydrogen-bond acceptors (Lipinski definition) is 3. The van der Waals surface area contributed by atoms with E-state index in [2.05, 4.69) is 19.1 Å². The van der Waals surface area contributed by atoms with Crippen LogP contribution in [0.4, 0.5) is 0 Å². The Morgan fingerprint density at radius 2 is 1.82 bits per heavy atom. The van der Waals surface area contributed by atoms with E-state index in [-0.39, 0.29) is 17.7 Å². The molecular formula is C19H32O3. The van der Waals surface area contributed by atoms with Gasteiger partial charge in [-0.2, -0.15) is 0 Å². The van der Waals surface area contributed by atoms with Crippen LogP contribution in [0.3, 0.4) is 0 Å². The second kappa shape index (κ2) is 9.12. The number of carbonyl (C=O) groups is 2. The zero-order valence-electron chi connectivity index (χ0n) is 14.7. The normalized spacial score (nSPS) is 29.1. The fraction of sp³-hybridized carbons (Fsp3) is 0.789. The van der Waals surface area contributed by atoms with Crippen LogP contribution >= 0.6 is 0 Å². The Kier molecular flexibility index (Phi) is 7.84. The third-order valence-corrected chi connectivity index (χ3v) is 4.61. The summed E-state index contributed by atoms with van der Waals surface area (Å²) in [5, 5.41) is 0. The number of hydrogen-bond donors (Lipinski definition) is 0. The van der Waals surface area contributed by atoms with E-state index >= 15 is 0 Å². The molecule has 0 amide bonds. The van der Waals surface area contributed by atoms with E-state index < -0.39 is 5.41 Å². The Morgan fingerprint density at radius 1 is 1.14 bits per heavy atom. The lowest BCUT2D eigenvalue weighted by Crippen LogP contribution is -2.31. The Morgan fingerprint density at radius 3 is 2.55 bits per heavy atom. The smallest absolute Gasteiger partial charge is 0.305 e. The number of ether oxygens (including phenoxy) is 1. The highest BCUT2D eigenvalue weighted by molar-refractivity contribution is 5.86. The van der Waals surface area contributed by atoms with Crippen molar-refractivity contribution in [2.24, 2.45) is 17.3 Å². The van der Waals surface area contributed by atoms with Gasteiger partial charge in [-0.15, -0.1) is 0 Å². The van der Waals surface area contributed by atoms with Crippen molar-refractivity contribution in [2.45, 2.75) is 72.6 Å². The zero-order chi connectivity index (χ0) is 16.6. The summed E-state index contributed by atoms with van der Waals surface area (Å²) in [7, 11) is 0. The molecule has 0 aliphatic carbocycles. The van der Waals surface area contributed by atoms with Gasteiger partial charge in [0, 0.05) is 17.8 Å². The number of allylic oxidation sites excluding steroid dienone is 1. The lowest BCUT2D eigenvalue weighted by atomic mass is 9.75. The summed E-state index contributed by atoms with van der Waals surface area (Å²) in [5.74, 6) is 0.715. The fourth-order valence-corrected chi connectivity index (χ4v) is 3.17. The standard InChI is InChI=1S/C19H32O3/c1-15-10-8-6-5-7-9-13-22-17(20)11-12-19(3,4)18(21)16(2)14-15/h5,7,15-16H,6,8-14H2,1-4H3. The number of cyclic esters (lactones) is 1. The molecule has 126 valence electrons. The summed E-state index contributed by atoms with van der Waals surface area (Å²) in [6.45, 7) is 8.62. The molecule has 0 aromatic heterocycles. The van der Waals surface area contributed by atoms with E-state index in [1.54, 1.807) is 0 Å². The average Bonchev–Trinajstić information content (AvgIpc) is 2.46. The predicted molar refractivity (Wildman–Crippen MR) is 89.5 cm³/mol. The van der Waals surface area contributed by atoms with Gasteiger partial charge in [0.15, 0.2) is 0 Å². The Balaban J connectivity index is 2.70. The van der Waals surface area contributed by atoms with Crippen LogP contribution in [0.15, 0.2) is 12.2 Å². The molecule has 0 saturated heterocycles. The van der Waals surface area contributed by atoms with Gasteiger partial charge in [-0.1, -0.05) is 46.3 Å². The maximum atomic E-state index is 12.6. The molecule has 1 rings (SSSR count). The van der Waals surface area contributed by atoms with Gasteiger partial charge >= 0.3 is 5.97 Å². The van der Waals surface area contributed by atoms with Gasteiger partial charge < -0.3 is 4.74 Å². The molecule has 0 bridgehead atoms. The molecule has 0 spiro atoms. The van der Waals surface area contributed by atoms with E-state index in [9.17, 15) is 9.59 Å². The van der Waals surface area contributed by atoms with Crippen LogP contribution in [-0.4, -0.2) is 18.4 Å². The minimum atomic E-state index is -0.449. The van der Waals surface area contributed by atoms with Gasteiger partial charge in [0.25, 0.3) is 0 Å². The molecule has 1 aliphatic heterocycles. The fourth-order valence-electron chi connectivity index (χ4n) is 3.17. The molecule has 3 heteroatoms. The first-order chi connectivity index (χ1) is 10.3. The summed E-state index contributed by atoms with van der Waals surface area (Å²) in [6.07, 6.45) is 10.3. The molecule has 0 saturated carbocycles. The Labute approximate surface area is 135 Å². The summed E-state index contributed by atoms with van der Waals surface area (Å²) < 4.78 is 5.21. The van der Waals surface area contributed by atoms with Crippen molar-refractivity contribution in [3.05, 3.63) is 12.2 Å². The van der Waals surface area contributed by atoms with Gasteiger partial charge in [0.05, 0.1) is 6.61 Å². The van der Waals surface area contributed by atoms with Crippen LogP contribution in [0.5, 0.6) is 0 Å². The molecule has 1 aliphatic rings. The van der Waals surface area contributed by atoms with Crippen molar-refractivity contribution in [3.63, 3.8) is 0 Å². The second-order valence-electron chi connectivity index (χ2n) is 7.40. The highest BCUT2D eigenvalue weighted by Crippen LogP contribution is 2.30. The van der Waals surface area contributed by atoms with E-state index in [1.165, 1.54) is 0 Å². The monoisotopic (exact) mass is 308 g/mol. The van der Waals surface area contributed by atoms with Gasteiger partial charge in [-0.3, -0.25) is 9.59 Å². The van der Waals surface area contributed by atoms with Gasteiger partial charge in [0.2, 0.25) is 0 Å². The number of ketones is 1. The van der Waals surface area contributed by atoms with Crippen molar-refractivity contribution >= 4 is 11.8 Å². The first kappa shape index (κ1) is 18.9. The summed E-state index contributed by atoms with van der Waals surface area (Å²) >= 11 is 0. The van der Waals surface area contributed by atoms with Crippen LogP contribution in [0.25, 0.3) is 0 Å². The quantitative estimate of drug-likeness (QED) is 0.481. The van der Waals surface area contributed by atoms with Crippen molar-refractivity contribution in [3.8, 4) is 0 Å². The van der Waals surface area contributed by atoms with E-state index in [0.29, 0.717) is 25.4 Å². The lowest BCUT2D eigenvalue weighted by Gasteiger charge is -2.27. The van der Waals surface area contributed by atoms with Crippen LogP contribution in [0, 0.1) is 17.3 Å². The first-order valence-corrected chi connectivity index (χ1v) is 8.68. The molecule has 0 N–H and O–H groups in total. The highest BCUT2D eigenvalue weighted by Gasteiger charge is 2.32. The van der Waals surface area contributed by atoms with Crippen molar-refractivity contribution in [2.75, 3.05) is 6.61 Å². The summed E-state index contributed by atoms with van der Waals surface area (Å²) in [4.78, 5) is 24.4. The van der Waals surface area contributed by atoms with Crippen LogP contribution in [-0.2, 0) is 14.3 Å². The van der Waals surface area contributed by atoms with E-state index in [0.717, 1.165) is 32.1 Å². The summed E-state index contributed by atoms with van der Waals surface area (Å²) in [5.41, 5.74) is -0.449. The molecule has 0 aromatic rings. The Bertz CT molecular complexity index is 395. The largest absolute Gasteiger partial charge is 0.465 e. The maximum Gasteiger partial charge on any atom is 0.305 e. The second-order valence-corrected chi connectivity index (χ2v) is 7.40. The SMILES string of the molecule is CC1CCCC=CCCOC(=O)CCC(C)(C)C(=O)C(C)C1. The third-order valence-electron chi connectivity index (χ3n) is 4.61. The average molecular weight is 308 g/mol. The van der Waals surface area contributed by atoms with Crippen LogP contribution < -0.4 is 0 Å². The van der Waals surface area contributed by atoms with Gasteiger partial charge in [-0.05, 0) is 38.0 Å². The van der Waals surface area contributed by atoms with Crippen molar-refractivity contribution < 1.29 is 14.3 Å². The predicted octanol–water partition coefficient (Wildman–Crippen LogP) is 4.70. The van der Waals surface area contributed by atoms with Crippen molar-refractivity contribution in [1.29, 1.82) is 0 Å².